The van der Waals surface area contributed by atoms with Crippen LogP contribution in [0.4, 0.5) is 4.79 Å². The fraction of sp³-hybridized carbons (Fsp3) is 0.0909. The molecule has 2 rings (SSSR count). The van der Waals surface area contributed by atoms with Gasteiger partial charge in [-0.2, -0.15) is 0 Å². The van der Waals surface area contributed by atoms with E-state index in [1.165, 1.54) is 11.7 Å². The highest BCUT2D eigenvalue weighted by Gasteiger charge is 2.09. The summed E-state index contributed by atoms with van der Waals surface area (Å²) in [6, 6.07) is 6.91. The lowest BCUT2D eigenvalue weighted by molar-refractivity contribution is 0.112. The van der Waals surface area contributed by atoms with Crippen LogP contribution in [0, 0.1) is 0 Å². The quantitative estimate of drug-likeness (QED) is 0.666. The molecule has 76 valence electrons. The Bertz CT molecular complexity index is 528. The van der Waals surface area contributed by atoms with Crippen LogP contribution in [0.25, 0.3) is 10.9 Å². The number of carbonyl (C=O) groups excluding carboxylic acids is 2. The monoisotopic (exact) mass is 203 g/mol. The summed E-state index contributed by atoms with van der Waals surface area (Å²) in [6.45, 7) is 0. The van der Waals surface area contributed by atoms with E-state index >= 15 is 0 Å². The molecule has 0 unspecified atom stereocenters. The first-order chi connectivity index (χ1) is 7.27. The summed E-state index contributed by atoms with van der Waals surface area (Å²) in [4.78, 5) is 22.1. The highest BCUT2D eigenvalue weighted by atomic mass is 16.5. The van der Waals surface area contributed by atoms with E-state index in [4.69, 9.17) is 0 Å². The number of rotatable bonds is 1. The highest BCUT2D eigenvalue weighted by Crippen LogP contribution is 2.19. The number of nitrogens with zero attached hydrogens (tertiary/aromatic N) is 1. The number of hydrogen-bond donors (Lipinski definition) is 0. The second-order valence-corrected chi connectivity index (χ2v) is 3.05. The predicted octanol–water partition coefficient (Wildman–Crippen LogP) is 2.07. The van der Waals surface area contributed by atoms with Gasteiger partial charge in [0.1, 0.15) is 0 Å². The Hall–Kier alpha value is -2.10. The molecule has 1 aromatic carbocycles. The van der Waals surface area contributed by atoms with Crippen molar-refractivity contribution in [3.63, 3.8) is 0 Å². The van der Waals surface area contributed by atoms with Gasteiger partial charge in [-0.25, -0.2) is 4.79 Å². The zero-order valence-electron chi connectivity index (χ0n) is 8.14. The predicted molar refractivity (Wildman–Crippen MR) is 55.1 cm³/mol. The molecule has 1 aromatic heterocycles. The van der Waals surface area contributed by atoms with Crippen molar-refractivity contribution in [2.75, 3.05) is 7.11 Å². The van der Waals surface area contributed by atoms with E-state index in [9.17, 15) is 9.59 Å². The van der Waals surface area contributed by atoms with Crippen molar-refractivity contribution < 1.29 is 14.3 Å². The van der Waals surface area contributed by atoms with E-state index in [1.807, 2.05) is 0 Å². The number of aromatic nitrogens is 1. The Balaban J connectivity index is 2.71. The lowest BCUT2D eigenvalue weighted by Crippen LogP contribution is -2.09. The molecule has 1 heterocycles. The number of benzene rings is 1. The maximum Gasteiger partial charge on any atom is 0.418 e. The van der Waals surface area contributed by atoms with Crippen LogP contribution < -0.4 is 0 Å². The van der Waals surface area contributed by atoms with Gasteiger partial charge in [-0.15, -0.1) is 0 Å². The summed E-state index contributed by atoms with van der Waals surface area (Å²) in [7, 11) is 1.32. The van der Waals surface area contributed by atoms with E-state index in [2.05, 4.69) is 4.74 Å². The molecule has 4 nitrogen and oxygen atoms in total. The fourth-order valence-electron chi connectivity index (χ4n) is 1.55. The first-order valence-electron chi connectivity index (χ1n) is 4.41. The molecule has 0 saturated heterocycles. The van der Waals surface area contributed by atoms with Crippen LogP contribution in [0.5, 0.6) is 0 Å². The Labute approximate surface area is 86.1 Å². The third-order valence-corrected chi connectivity index (χ3v) is 2.26. The zero-order valence-corrected chi connectivity index (χ0v) is 8.14. The van der Waals surface area contributed by atoms with Crippen molar-refractivity contribution in [2.24, 2.45) is 0 Å². The van der Waals surface area contributed by atoms with Crippen LogP contribution in [0.15, 0.2) is 30.5 Å². The third kappa shape index (κ3) is 1.40. The molecule has 0 fully saturated rings. The molecule has 0 N–H and O–H groups in total. The standard InChI is InChI=1S/C11H9NO3/c1-15-11(14)12-6-5-9-8(7-13)3-2-4-10(9)12/h2-7H,1H3. The van der Waals surface area contributed by atoms with Gasteiger partial charge >= 0.3 is 6.09 Å². The lowest BCUT2D eigenvalue weighted by Gasteiger charge is -2.01. The Morgan fingerprint density at radius 3 is 2.87 bits per heavy atom. The summed E-state index contributed by atoms with van der Waals surface area (Å²) in [6.07, 6.45) is 1.89. The van der Waals surface area contributed by atoms with Crippen LogP contribution in [0.1, 0.15) is 10.4 Å². The van der Waals surface area contributed by atoms with Gasteiger partial charge in [0.05, 0.1) is 12.6 Å². The number of carbonyl (C=O) groups is 2. The molecule has 4 heteroatoms. The molecule has 0 saturated carbocycles. The average Bonchev–Trinajstić information content (AvgIpc) is 2.71. The van der Waals surface area contributed by atoms with E-state index < -0.39 is 6.09 Å². The number of aldehydes is 1. The topological polar surface area (TPSA) is 48.3 Å². The molecule has 0 spiro atoms. The molecule has 0 atom stereocenters. The average molecular weight is 203 g/mol. The Morgan fingerprint density at radius 1 is 1.40 bits per heavy atom. The van der Waals surface area contributed by atoms with Gasteiger partial charge in [0.2, 0.25) is 0 Å². The molecule has 0 radical (unpaired) electrons. The van der Waals surface area contributed by atoms with Gasteiger partial charge in [0.25, 0.3) is 0 Å². The smallest absolute Gasteiger partial charge is 0.418 e. The van der Waals surface area contributed by atoms with E-state index in [0.717, 1.165) is 11.7 Å². The van der Waals surface area contributed by atoms with Gasteiger partial charge < -0.3 is 4.74 Å². The van der Waals surface area contributed by atoms with E-state index in [1.54, 1.807) is 30.5 Å². The van der Waals surface area contributed by atoms with Crippen molar-refractivity contribution in [3.8, 4) is 0 Å². The molecular weight excluding hydrogens is 194 g/mol. The van der Waals surface area contributed by atoms with Crippen LogP contribution in [0.2, 0.25) is 0 Å². The highest BCUT2D eigenvalue weighted by molar-refractivity contribution is 6.00. The molecule has 0 aliphatic carbocycles. The second kappa shape index (κ2) is 3.57. The first kappa shape index (κ1) is 9.45. The fourth-order valence-corrected chi connectivity index (χ4v) is 1.55. The molecule has 15 heavy (non-hydrogen) atoms. The normalized spacial score (nSPS) is 10.2. The van der Waals surface area contributed by atoms with Crippen molar-refractivity contribution in [1.82, 2.24) is 4.57 Å². The summed E-state index contributed by atoms with van der Waals surface area (Å²) >= 11 is 0. The summed E-state index contributed by atoms with van der Waals surface area (Å²) in [5.74, 6) is 0. The van der Waals surface area contributed by atoms with Crippen LogP contribution in [-0.4, -0.2) is 24.1 Å². The summed E-state index contributed by atoms with van der Waals surface area (Å²) in [5.41, 5.74) is 1.24. The maximum absolute atomic E-state index is 11.3. The van der Waals surface area contributed by atoms with Crippen LogP contribution in [0.3, 0.4) is 0 Å². The minimum atomic E-state index is -0.465. The SMILES string of the molecule is COC(=O)n1ccc2c(C=O)cccc21. The molecule has 0 aliphatic rings. The summed E-state index contributed by atoms with van der Waals surface area (Å²) in [5, 5.41) is 0.748. The molecule has 0 amide bonds. The van der Waals surface area contributed by atoms with Gasteiger partial charge in [0.15, 0.2) is 6.29 Å². The van der Waals surface area contributed by atoms with E-state index in [-0.39, 0.29) is 0 Å². The van der Waals surface area contributed by atoms with Gasteiger partial charge in [-0.05, 0) is 12.1 Å². The molecule has 2 aromatic rings. The second-order valence-electron chi connectivity index (χ2n) is 3.05. The van der Waals surface area contributed by atoms with Crippen molar-refractivity contribution in [2.45, 2.75) is 0 Å². The number of methoxy groups -OCH3 is 1. The van der Waals surface area contributed by atoms with Gasteiger partial charge in [-0.3, -0.25) is 9.36 Å². The minimum Gasteiger partial charge on any atom is -0.452 e. The number of fused-ring (bicyclic) bond motifs is 1. The Kier molecular flexibility index (Phi) is 2.25. The minimum absolute atomic E-state index is 0.465. The zero-order chi connectivity index (χ0) is 10.8. The summed E-state index contributed by atoms with van der Waals surface area (Å²) < 4.78 is 5.98. The molecular formula is C11H9NO3. The Morgan fingerprint density at radius 2 is 2.20 bits per heavy atom. The molecule has 0 bridgehead atoms. The van der Waals surface area contributed by atoms with Crippen molar-refractivity contribution >= 4 is 23.3 Å². The lowest BCUT2D eigenvalue weighted by atomic mass is 10.1. The maximum atomic E-state index is 11.3. The first-order valence-corrected chi connectivity index (χ1v) is 4.41. The van der Waals surface area contributed by atoms with Gasteiger partial charge in [0, 0.05) is 17.1 Å². The number of ether oxygens (including phenoxy) is 1. The number of hydrogen-bond acceptors (Lipinski definition) is 3. The van der Waals surface area contributed by atoms with Crippen LogP contribution >= 0.6 is 0 Å². The van der Waals surface area contributed by atoms with E-state index in [0.29, 0.717) is 11.1 Å². The van der Waals surface area contributed by atoms with Crippen molar-refractivity contribution in [3.05, 3.63) is 36.0 Å². The third-order valence-electron chi connectivity index (χ3n) is 2.26. The van der Waals surface area contributed by atoms with Crippen LogP contribution in [-0.2, 0) is 4.74 Å². The molecule has 0 aliphatic heterocycles. The van der Waals surface area contributed by atoms with Crippen molar-refractivity contribution in [1.29, 1.82) is 0 Å². The van der Waals surface area contributed by atoms with Gasteiger partial charge in [-0.1, -0.05) is 12.1 Å². The largest absolute Gasteiger partial charge is 0.452 e.